The number of benzene rings is 1. The lowest BCUT2D eigenvalue weighted by Gasteiger charge is -2.14. The molecule has 0 spiro atoms. The van der Waals surface area contributed by atoms with Gasteiger partial charge >= 0.3 is 0 Å². The van der Waals surface area contributed by atoms with Crippen LogP contribution in [0.1, 0.15) is 34.7 Å². The zero-order valence-electron chi connectivity index (χ0n) is 17.4. The van der Waals surface area contributed by atoms with Gasteiger partial charge in [0, 0.05) is 18.0 Å². The zero-order valence-corrected chi connectivity index (χ0v) is 19.0. The lowest BCUT2D eigenvalue weighted by molar-refractivity contribution is 0.0941. The molecule has 1 aliphatic rings. The van der Waals surface area contributed by atoms with Crippen molar-refractivity contribution in [3.8, 4) is 5.75 Å². The van der Waals surface area contributed by atoms with E-state index in [1.54, 1.807) is 18.4 Å². The Bertz CT molecular complexity index is 1060. The summed E-state index contributed by atoms with van der Waals surface area (Å²) in [5, 5.41) is 26.9. The summed E-state index contributed by atoms with van der Waals surface area (Å²) in [6, 6.07) is 5.74. The first kappa shape index (κ1) is 22.2. The summed E-state index contributed by atoms with van der Waals surface area (Å²) in [6.45, 7) is 1.00. The quantitative estimate of drug-likeness (QED) is 0.387. The number of halogens is 1. The minimum absolute atomic E-state index is 0.276. The minimum atomic E-state index is -0.796. The average Bonchev–Trinajstić information content (AvgIpc) is 3.16. The lowest BCUT2D eigenvalue weighted by Crippen LogP contribution is -2.29. The van der Waals surface area contributed by atoms with Crippen molar-refractivity contribution in [2.75, 3.05) is 25.6 Å². The Hall–Kier alpha value is -1.97. The predicted molar refractivity (Wildman–Crippen MR) is 124 cm³/mol. The van der Waals surface area contributed by atoms with Gasteiger partial charge in [0.15, 0.2) is 0 Å². The van der Waals surface area contributed by atoms with Gasteiger partial charge in [-0.25, -0.2) is 9.97 Å². The molecule has 3 aromatic rings. The molecule has 0 saturated heterocycles. The number of ether oxygens (including phenoxy) is 1. The number of methoxy groups -OCH3 is 1. The molecule has 7 nitrogen and oxygen atoms in total. The highest BCUT2D eigenvalue weighted by Gasteiger charge is 2.21. The summed E-state index contributed by atoms with van der Waals surface area (Å²) < 4.78 is 5.24. The summed E-state index contributed by atoms with van der Waals surface area (Å²) in [7, 11) is 1.60. The van der Waals surface area contributed by atoms with Crippen molar-refractivity contribution < 1.29 is 14.9 Å². The van der Waals surface area contributed by atoms with E-state index in [-0.39, 0.29) is 13.2 Å². The third kappa shape index (κ3) is 5.10. The van der Waals surface area contributed by atoms with Crippen molar-refractivity contribution in [1.82, 2.24) is 15.3 Å². The molecule has 0 radical (unpaired) electrons. The van der Waals surface area contributed by atoms with Gasteiger partial charge in [-0.15, -0.1) is 11.3 Å². The smallest absolute Gasteiger partial charge is 0.146 e. The topological polar surface area (TPSA) is 99.5 Å². The van der Waals surface area contributed by atoms with Crippen LogP contribution in [0.15, 0.2) is 18.2 Å². The largest absolute Gasteiger partial charge is 0.495 e. The second kappa shape index (κ2) is 10.1. The number of thiophene rings is 1. The first-order valence-corrected chi connectivity index (χ1v) is 11.7. The summed E-state index contributed by atoms with van der Waals surface area (Å²) >= 11 is 8.04. The molecule has 31 heavy (non-hydrogen) atoms. The van der Waals surface area contributed by atoms with Gasteiger partial charge in [-0.1, -0.05) is 17.7 Å². The maximum atomic E-state index is 9.56. The number of aliphatic hydroxyl groups excluding tert-OH is 2. The van der Waals surface area contributed by atoms with Gasteiger partial charge in [0.2, 0.25) is 0 Å². The van der Waals surface area contributed by atoms with Crippen LogP contribution in [-0.2, 0) is 25.9 Å². The molecule has 2 heterocycles. The van der Waals surface area contributed by atoms with E-state index in [1.807, 2.05) is 18.2 Å². The first-order chi connectivity index (χ1) is 15.1. The molecule has 166 valence electrons. The zero-order chi connectivity index (χ0) is 21.8. The molecule has 0 saturated carbocycles. The molecular formula is C22H27ClN4O3S. The number of nitrogens with one attached hydrogen (secondary N) is 2. The summed E-state index contributed by atoms with van der Waals surface area (Å²) in [4.78, 5) is 12.0. The van der Waals surface area contributed by atoms with Gasteiger partial charge in [-0.3, -0.25) is 0 Å². The van der Waals surface area contributed by atoms with Crippen LogP contribution in [0.3, 0.4) is 0 Å². The van der Waals surface area contributed by atoms with Crippen molar-refractivity contribution in [2.45, 2.75) is 44.9 Å². The molecule has 0 aliphatic heterocycles. The second-order valence-corrected chi connectivity index (χ2v) is 9.16. The van der Waals surface area contributed by atoms with E-state index in [2.05, 4.69) is 10.6 Å². The molecule has 1 unspecified atom stereocenters. The van der Waals surface area contributed by atoms with E-state index >= 15 is 0 Å². The van der Waals surface area contributed by atoms with Gasteiger partial charge < -0.3 is 25.6 Å². The van der Waals surface area contributed by atoms with E-state index in [1.165, 1.54) is 23.3 Å². The molecule has 0 amide bonds. The molecule has 4 rings (SSSR count). The van der Waals surface area contributed by atoms with Crippen molar-refractivity contribution in [1.29, 1.82) is 0 Å². The fraction of sp³-hybridized carbons (Fsp3) is 0.455. The van der Waals surface area contributed by atoms with Crippen LogP contribution >= 0.6 is 22.9 Å². The second-order valence-electron chi connectivity index (χ2n) is 7.67. The van der Waals surface area contributed by atoms with Crippen LogP contribution in [0, 0.1) is 0 Å². The number of nitrogens with zero attached hydrogens (tertiary/aromatic N) is 2. The summed E-state index contributed by atoms with van der Waals surface area (Å²) in [5.41, 5.74) is 2.41. The van der Waals surface area contributed by atoms with Crippen molar-refractivity contribution in [3.63, 3.8) is 0 Å². The van der Waals surface area contributed by atoms with E-state index in [0.717, 1.165) is 34.4 Å². The molecule has 1 atom stereocenters. The fourth-order valence-corrected chi connectivity index (χ4v) is 5.39. The van der Waals surface area contributed by atoms with E-state index in [9.17, 15) is 5.11 Å². The van der Waals surface area contributed by atoms with Crippen LogP contribution in [0.25, 0.3) is 10.2 Å². The maximum Gasteiger partial charge on any atom is 0.146 e. The number of aliphatic hydroxyl groups is 2. The Morgan fingerprint density at radius 2 is 2.06 bits per heavy atom. The van der Waals surface area contributed by atoms with Crippen molar-refractivity contribution >= 4 is 39.0 Å². The van der Waals surface area contributed by atoms with Gasteiger partial charge in [-0.05, 0) is 48.9 Å². The monoisotopic (exact) mass is 462 g/mol. The van der Waals surface area contributed by atoms with E-state index in [0.29, 0.717) is 29.7 Å². The highest BCUT2D eigenvalue weighted by Crippen LogP contribution is 2.38. The van der Waals surface area contributed by atoms with Crippen molar-refractivity contribution in [3.05, 3.63) is 45.1 Å². The van der Waals surface area contributed by atoms with Crippen LogP contribution in [0.2, 0.25) is 5.02 Å². The Morgan fingerprint density at radius 3 is 2.84 bits per heavy atom. The molecule has 4 N–H and O–H groups in total. The highest BCUT2D eigenvalue weighted by molar-refractivity contribution is 7.19. The molecule has 9 heteroatoms. The molecule has 1 aromatic carbocycles. The predicted octanol–water partition coefficient (Wildman–Crippen LogP) is 3.29. The lowest BCUT2D eigenvalue weighted by atomic mass is 9.97. The molecule has 0 fully saturated rings. The third-order valence-corrected chi connectivity index (χ3v) is 6.89. The minimum Gasteiger partial charge on any atom is -0.495 e. The fourth-order valence-electron chi connectivity index (χ4n) is 3.83. The molecule has 1 aliphatic carbocycles. The van der Waals surface area contributed by atoms with Crippen LogP contribution in [0.5, 0.6) is 5.75 Å². The first-order valence-electron chi connectivity index (χ1n) is 10.5. The Morgan fingerprint density at radius 1 is 1.23 bits per heavy atom. The Labute approximate surface area is 190 Å². The summed E-state index contributed by atoms with van der Waals surface area (Å²) in [5.74, 6) is 2.14. The normalized spacial score (nSPS) is 14.5. The number of aryl methyl sites for hydroxylation is 2. The molecular weight excluding hydrogens is 436 g/mol. The number of aromatic nitrogens is 2. The SMILES string of the molecule is COc1ccc(CNc2nc(CNCC(O)CO)nc3sc4c(c23)CCCC4)cc1Cl. The number of hydrogen-bond acceptors (Lipinski definition) is 8. The number of fused-ring (bicyclic) bond motifs is 3. The molecule has 2 aromatic heterocycles. The van der Waals surface area contributed by atoms with Crippen molar-refractivity contribution in [2.24, 2.45) is 0 Å². The highest BCUT2D eigenvalue weighted by atomic mass is 35.5. The number of rotatable bonds is 9. The van der Waals surface area contributed by atoms with Gasteiger partial charge in [0.05, 0.1) is 36.8 Å². The van der Waals surface area contributed by atoms with Crippen LogP contribution in [0.4, 0.5) is 5.82 Å². The van der Waals surface area contributed by atoms with Crippen LogP contribution in [-0.4, -0.2) is 46.5 Å². The Kier molecular flexibility index (Phi) is 7.24. The summed E-state index contributed by atoms with van der Waals surface area (Å²) in [6.07, 6.45) is 3.76. The van der Waals surface area contributed by atoms with E-state index in [4.69, 9.17) is 31.4 Å². The Balaban J connectivity index is 1.61. The average molecular weight is 463 g/mol. The molecule has 0 bridgehead atoms. The standard InChI is InChI=1S/C22H27ClN4O3S/c1-30-17-7-6-13(8-16(17)23)9-25-21-20-15-4-2-3-5-18(15)31-22(20)27-19(26-21)11-24-10-14(29)12-28/h6-8,14,24,28-29H,2-5,9-12H2,1H3,(H,25,26,27). The van der Waals surface area contributed by atoms with E-state index < -0.39 is 6.10 Å². The number of anilines is 1. The van der Waals surface area contributed by atoms with Gasteiger partial charge in [-0.2, -0.15) is 0 Å². The maximum absolute atomic E-state index is 9.56. The third-order valence-electron chi connectivity index (χ3n) is 5.41. The van der Waals surface area contributed by atoms with Gasteiger partial charge in [0.25, 0.3) is 0 Å². The van der Waals surface area contributed by atoms with Gasteiger partial charge in [0.1, 0.15) is 22.2 Å². The van der Waals surface area contributed by atoms with Crippen LogP contribution < -0.4 is 15.4 Å². The number of hydrogen-bond donors (Lipinski definition) is 4.